The molecule has 0 aliphatic heterocycles. The van der Waals surface area contributed by atoms with Crippen LogP contribution in [0.25, 0.3) is 0 Å². The Bertz CT molecular complexity index is 363. The van der Waals surface area contributed by atoms with Gasteiger partial charge in [-0.15, -0.1) is 0 Å². The van der Waals surface area contributed by atoms with Crippen molar-refractivity contribution in [3.8, 4) is 11.8 Å². The summed E-state index contributed by atoms with van der Waals surface area (Å²) in [6.45, 7) is 3.61. The number of aliphatic hydroxyl groups is 1. The molecule has 1 aromatic rings. The van der Waals surface area contributed by atoms with E-state index in [4.69, 9.17) is 5.11 Å². The molecular weight excluding hydrogens is 172 g/mol. The molecule has 14 heavy (non-hydrogen) atoms. The van der Waals surface area contributed by atoms with Gasteiger partial charge in [-0.25, -0.2) is 0 Å². The standard InChI is InChI=1S/C13H14O/c1-11(10-12(2)14)8-9-13-6-4-3-5-7-13/h3-7,10,12,14H,1-2H3/b11-10-. The molecule has 1 atom stereocenters. The van der Waals surface area contributed by atoms with Crippen LogP contribution in [0.2, 0.25) is 0 Å². The van der Waals surface area contributed by atoms with Crippen LogP contribution >= 0.6 is 0 Å². The molecule has 1 heteroatoms. The summed E-state index contributed by atoms with van der Waals surface area (Å²) >= 11 is 0. The van der Waals surface area contributed by atoms with Crippen LogP contribution in [0.5, 0.6) is 0 Å². The third-order valence-corrected chi connectivity index (χ3v) is 1.67. The van der Waals surface area contributed by atoms with Gasteiger partial charge >= 0.3 is 0 Å². The summed E-state index contributed by atoms with van der Waals surface area (Å²) in [7, 11) is 0. The Morgan fingerprint density at radius 2 is 2.00 bits per heavy atom. The van der Waals surface area contributed by atoms with Crippen molar-refractivity contribution >= 4 is 0 Å². The number of hydrogen-bond acceptors (Lipinski definition) is 1. The summed E-state index contributed by atoms with van der Waals surface area (Å²) in [5.74, 6) is 6.00. The summed E-state index contributed by atoms with van der Waals surface area (Å²) in [4.78, 5) is 0. The highest BCUT2D eigenvalue weighted by Crippen LogP contribution is 1.97. The third-order valence-electron chi connectivity index (χ3n) is 1.67. The molecule has 0 radical (unpaired) electrons. The molecule has 0 heterocycles. The molecule has 0 amide bonds. The SMILES string of the molecule is C/C(C#Cc1ccccc1)=C/C(C)O. The predicted molar refractivity (Wildman–Crippen MR) is 58.8 cm³/mol. The second-order valence-electron chi connectivity index (χ2n) is 3.21. The topological polar surface area (TPSA) is 20.2 Å². The van der Waals surface area contributed by atoms with Crippen LogP contribution in [-0.4, -0.2) is 11.2 Å². The largest absolute Gasteiger partial charge is 0.389 e. The van der Waals surface area contributed by atoms with Gasteiger partial charge in [-0.1, -0.05) is 30.0 Å². The summed E-state index contributed by atoms with van der Waals surface area (Å²) in [6.07, 6.45) is 1.30. The molecule has 0 saturated heterocycles. The van der Waals surface area contributed by atoms with Crippen LogP contribution in [0.4, 0.5) is 0 Å². The number of hydrogen-bond donors (Lipinski definition) is 1. The van der Waals surface area contributed by atoms with Gasteiger partial charge in [-0.2, -0.15) is 0 Å². The highest BCUT2D eigenvalue weighted by Gasteiger charge is 1.88. The molecular formula is C13H14O. The summed E-state index contributed by atoms with van der Waals surface area (Å²) in [6, 6.07) is 9.80. The van der Waals surface area contributed by atoms with E-state index in [1.807, 2.05) is 37.3 Å². The van der Waals surface area contributed by atoms with Crippen LogP contribution < -0.4 is 0 Å². The number of allylic oxidation sites excluding steroid dienone is 1. The van der Waals surface area contributed by atoms with E-state index in [1.165, 1.54) is 0 Å². The van der Waals surface area contributed by atoms with Crippen LogP contribution in [0.1, 0.15) is 19.4 Å². The van der Waals surface area contributed by atoms with E-state index in [-0.39, 0.29) is 0 Å². The summed E-state index contributed by atoms with van der Waals surface area (Å²) in [5.41, 5.74) is 1.88. The fourth-order valence-electron chi connectivity index (χ4n) is 1.10. The first-order valence-corrected chi connectivity index (χ1v) is 4.62. The van der Waals surface area contributed by atoms with Gasteiger partial charge in [0.05, 0.1) is 6.10 Å². The second-order valence-corrected chi connectivity index (χ2v) is 3.21. The van der Waals surface area contributed by atoms with Crippen LogP contribution in [0.15, 0.2) is 42.0 Å². The van der Waals surface area contributed by atoms with Crippen molar-refractivity contribution in [2.45, 2.75) is 20.0 Å². The van der Waals surface area contributed by atoms with Crippen molar-refractivity contribution in [3.05, 3.63) is 47.5 Å². The zero-order valence-corrected chi connectivity index (χ0v) is 8.49. The highest BCUT2D eigenvalue weighted by molar-refractivity contribution is 5.39. The average Bonchev–Trinajstić information content (AvgIpc) is 2.15. The third kappa shape index (κ3) is 3.93. The highest BCUT2D eigenvalue weighted by atomic mass is 16.3. The number of aliphatic hydroxyl groups excluding tert-OH is 1. The monoisotopic (exact) mass is 186 g/mol. The second kappa shape index (κ2) is 5.26. The summed E-state index contributed by atoms with van der Waals surface area (Å²) in [5, 5.41) is 9.08. The van der Waals surface area contributed by atoms with Crippen molar-refractivity contribution in [2.24, 2.45) is 0 Å². The van der Waals surface area contributed by atoms with E-state index in [1.54, 1.807) is 13.0 Å². The van der Waals surface area contributed by atoms with Gasteiger partial charge in [0, 0.05) is 5.56 Å². The minimum atomic E-state index is -0.430. The van der Waals surface area contributed by atoms with Crippen molar-refractivity contribution in [3.63, 3.8) is 0 Å². The lowest BCUT2D eigenvalue weighted by Crippen LogP contribution is -1.93. The Hall–Kier alpha value is -1.52. The first-order valence-electron chi connectivity index (χ1n) is 4.62. The van der Waals surface area contributed by atoms with E-state index in [2.05, 4.69) is 11.8 Å². The van der Waals surface area contributed by atoms with E-state index < -0.39 is 6.10 Å². The van der Waals surface area contributed by atoms with Crippen molar-refractivity contribution in [1.29, 1.82) is 0 Å². The molecule has 0 saturated carbocycles. The summed E-state index contributed by atoms with van der Waals surface area (Å²) < 4.78 is 0. The normalized spacial score (nSPS) is 12.9. The van der Waals surface area contributed by atoms with E-state index in [9.17, 15) is 0 Å². The average molecular weight is 186 g/mol. The predicted octanol–water partition coefficient (Wildman–Crippen LogP) is 2.37. The van der Waals surface area contributed by atoms with Crippen molar-refractivity contribution in [2.75, 3.05) is 0 Å². The number of benzene rings is 1. The van der Waals surface area contributed by atoms with Gasteiger partial charge in [-0.05, 0) is 37.6 Å². The molecule has 0 aromatic heterocycles. The Morgan fingerprint density at radius 3 is 2.57 bits per heavy atom. The zero-order chi connectivity index (χ0) is 10.4. The number of rotatable bonds is 1. The maximum absolute atomic E-state index is 9.08. The van der Waals surface area contributed by atoms with E-state index in [0.29, 0.717) is 0 Å². The Kier molecular flexibility index (Phi) is 3.97. The molecule has 1 N–H and O–H groups in total. The van der Waals surface area contributed by atoms with E-state index in [0.717, 1.165) is 11.1 Å². The molecule has 0 spiro atoms. The smallest absolute Gasteiger partial charge is 0.0704 e. The van der Waals surface area contributed by atoms with Gasteiger partial charge in [0.25, 0.3) is 0 Å². The van der Waals surface area contributed by atoms with E-state index >= 15 is 0 Å². The Morgan fingerprint density at radius 1 is 1.36 bits per heavy atom. The lowest BCUT2D eigenvalue weighted by atomic mass is 10.2. The molecule has 72 valence electrons. The molecule has 0 aliphatic rings. The molecule has 0 bridgehead atoms. The fourth-order valence-corrected chi connectivity index (χ4v) is 1.10. The minimum Gasteiger partial charge on any atom is -0.389 e. The zero-order valence-electron chi connectivity index (χ0n) is 8.49. The molecule has 0 fully saturated rings. The fraction of sp³-hybridized carbons (Fsp3) is 0.231. The van der Waals surface area contributed by atoms with Crippen LogP contribution in [0.3, 0.4) is 0 Å². The van der Waals surface area contributed by atoms with Gasteiger partial charge in [-0.3, -0.25) is 0 Å². The van der Waals surface area contributed by atoms with Crippen molar-refractivity contribution < 1.29 is 5.11 Å². The van der Waals surface area contributed by atoms with Gasteiger partial charge in [0.15, 0.2) is 0 Å². The first kappa shape index (κ1) is 10.6. The molecule has 1 rings (SSSR count). The van der Waals surface area contributed by atoms with Crippen molar-refractivity contribution in [1.82, 2.24) is 0 Å². The molecule has 1 aromatic carbocycles. The molecule has 1 unspecified atom stereocenters. The maximum Gasteiger partial charge on any atom is 0.0704 e. The van der Waals surface area contributed by atoms with Gasteiger partial charge in [0.1, 0.15) is 0 Å². The Labute approximate surface area is 85.1 Å². The van der Waals surface area contributed by atoms with Crippen LogP contribution in [0, 0.1) is 11.8 Å². The lowest BCUT2D eigenvalue weighted by molar-refractivity contribution is 0.243. The maximum atomic E-state index is 9.08. The minimum absolute atomic E-state index is 0.430. The van der Waals surface area contributed by atoms with Gasteiger partial charge < -0.3 is 5.11 Å². The molecule has 1 nitrogen and oxygen atoms in total. The first-order chi connectivity index (χ1) is 6.68. The lowest BCUT2D eigenvalue weighted by Gasteiger charge is -1.93. The quantitative estimate of drug-likeness (QED) is 0.667. The Balaban J connectivity index is 2.74. The van der Waals surface area contributed by atoms with Gasteiger partial charge in [0.2, 0.25) is 0 Å². The van der Waals surface area contributed by atoms with Crippen LogP contribution in [-0.2, 0) is 0 Å². The molecule has 0 aliphatic carbocycles.